The highest BCUT2D eigenvalue weighted by molar-refractivity contribution is 5.76. The van der Waals surface area contributed by atoms with Crippen LogP contribution < -0.4 is 4.74 Å². The molecule has 3 aromatic carbocycles. The number of aromatic amines is 1. The van der Waals surface area contributed by atoms with Crippen molar-refractivity contribution in [3.8, 4) is 34.4 Å². The lowest BCUT2D eigenvalue weighted by atomic mass is 9.99. The third kappa shape index (κ3) is 5.26. The molecule has 0 aliphatic rings. The van der Waals surface area contributed by atoms with Gasteiger partial charge in [0.05, 0.1) is 23.7 Å². The van der Waals surface area contributed by atoms with Crippen LogP contribution in [-0.2, 0) is 6.42 Å². The SMILES string of the molecule is OCC(Cc1ccccc1)c1nc(-c2ccc(F)cc2)c(-c2ccnc(Oc3ccccc3)n2)[nH]1. The van der Waals surface area contributed by atoms with Crippen molar-refractivity contribution < 1.29 is 14.2 Å². The zero-order valence-corrected chi connectivity index (χ0v) is 18.8. The lowest BCUT2D eigenvalue weighted by molar-refractivity contribution is 0.260. The van der Waals surface area contributed by atoms with Crippen LogP contribution in [0.15, 0.2) is 97.2 Å². The van der Waals surface area contributed by atoms with Crippen molar-refractivity contribution in [1.29, 1.82) is 0 Å². The molecule has 6 nitrogen and oxygen atoms in total. The van der Waals surface area contributed by atoms with Crippen LogP contribution in [0.3, 0.4) is 0 Å². The summed E-state index contributed by atoms with van der Waals surface area (Å²) >= 11 is 0. The van der Waals surface area contributed by atoms with Crippen molar-refractivity contribution >= 4 is 0 Å². The van der Waals surface area contributed by atoms with Crippen molar-refractivity contribution in [2.75, 3.05) is 6.61 Å². The molecule has 0 aliphatic carbocycles. The molecular formula is C28H23FN4O2. The Hall–Kier alpha value is -4.36. The number of hydrogen-bond donors (Lipinski definition) is 2. The second-order valence-electron chi connectivity index (χ2n) is 8.06. The van der Waals surface area contributed by atoms with Crippen LogP contribution in [0, 0.1) is 5.82 Å². The Kier molecular flexibility index (Phi) is 6.59. The van der Waals surface area contributed by atoms with Gasteiger partial charge in [0.1, 0.15) is 17.4 Å². The van der Waals surface area contributed by atoms with E-state index in [-0.39, 0.29) is 24.4 Å². The Balaban J connectivity index is 1.54. The summed E-state index contributed by atoms with van der Waals surface area (Å²) in [6, 6.07) is 27.3. The second kappa shape index (κ2) is 10.3. The van der Waals surface area contributed by atoms with Gasteiger partial charge in [0.2, 0.25) is 0 Å². The number of aliphatic hydroxyl groups excluding tert-OH is 1. The normalized spacial score (nSPS) is 11.8. The smallest absolute Gasteiger partial charge is 0.322 e. The van der Waals surface area contributed by atoms with Crippen molar-refractivity contribution in [1.82, 2.24) is 19.9 Å². The number of rotatable bonds is 8. The molecule has 0 saturated carbocycles. The van der Waals surface area contributed by atoms with Crippen molar-refractivity contribution in [3.05, 3.63) is 114 Å². The Bertz CT molecular complexity index is 1390. The molecule has 0 spiro atoms. The Labute approximate surface area is 202 Å². The summed E-state index contributed by atoms with van der Waals surface area (Å²) in [5.74, 6) is 0.655. The largest absolute Gasteiger partial charge is 0.424 e. The van der Waals surface area contributed by atoms with Crippen LogP contribution in [0.25, 0.3) is 22.6 Å². The number of benzene rings is 3. The molecule has 2 aromatic heterocycles. The molecule has 0 saturated heterocycles. The molecule has 5 aromatic rings. The van der Waals surface area contributed by atoms with Gasteiger partial charge in [-0.05, 0) is 54.4 Å². The fourth-order valence-electron chi connectivity index (χ4n) is 3.86. The van der Waals surface area contributed by atoms with Crippen LogP contribution >= 0.6 is 0 Å². The van der Waals surface area contributed by atoms with Gasteiger partial charge in [-0.15, -0.1) is 0 Å². The maximum Gasteiger partial charge on any atom is 0.322 e. The van der Waals surface area contributed by atoms with E-state index in [9.17, 15) is 9.50 Å². The molecule has 1 atom stereocenters. The molecule has 2 heterocycles. The van der Waals surface area contributed by atoms with Crippen LogP contribution in [0.5, 0.6) is 11.8 Å². The monoisotopic (exact) mass is 466 g/mol. The molecule has 0 amide bonds. The third-order valence-corrected chi connectivity index (χ3v) is 5.61. The fraction of sp³-hybridized carbons (Fsp3) is 0.107. The van der Waals surface area contributed by atoms with Gasteiger partial charge >= 0.3 is 6.01 Å². The molecule has 0 fully saturated rings. The average molecular weight is 467 g/mol. The van der Waals surface area contributed by atoms with Gasteiger partial charge in [-0.3, -0.25) is 0 Å². The molecule has 5 rings (SSSR count). The summed E-state index contributed by atoms with van der Waals surface area (Å²) in [5, 5.41) is 10.2. The first-order valence-corrected chi connectivity index (χ1v) is 11.3. The van der Waals surface area contributed by atoms with Crippen molar-refractivity contribution in [2.45, 2.75) is 12.3 Å². The molecule has 7 heteroatoms. The van der Waals surface area contributed by atoms with E-state index >= 15 is 0 Å². The molecule has 0 radical (unpaired) electrons. The number of halogens is 1. The maximum atomic E-state index is 13.6. The summed E-state index contributed by atoms with van der Waals surface area (Å²) in [4.78, 5) is 17.0. The lowest BCUT2D eigenvalue weighted by Crippen LogP contribution is -2.09. The van der Waals surface area contributed by atoms with E-state index in [0.717, 1.165) is 11.1 Å². The molecular weight excluding hydrogens is 443 g/mol. The number of H-pyrrole nitrogens is 1. The predicted molar refractivity (Wildman–Crippen MR) is 131 cm³/mol. The van der Waals surface area contributed by atoms with E-state index in [1.165, 1.54) is 12.1 Å². The van der Waals surface area contributed by atoms with Crippen LogP contribution in [0.1, 0.15) is 17.3 Å². The first-order chi connectivity index (χ1) is 17.2. The van der Waals surface area contributed by atoms with Gasteiger partial charge in [-0.1, -0.05) is 48.5 Å². The highest BCUT2D eigenvalue weighted by atomic mass is 19.1. The second-order valence-corrected chi connectivity index (χ2v) is 8.06. The number of ether oxygens (including phenoxy) is 1. The Morgan fingerprint density at radius 3 is 2.29 bits per heavy atom. The van der Waals surface area contributed by atoms with Crippen LogP contribution in [0.4, 0.5) is 4.39 Å². The van der Waals surface area contributed by atoms with Gasteiger partial charge in [0.25, 0.3) is 0 Å². The number of aliphatic hydroxyl groups is 1. The minimum Gasteiger partial charge on any atom is -0.424 e. The van der Waals surface area contributed by atoms with E-state index in [1.54, 1.807) is 24.4 Å². The molecule has 1 unspecified atom stereocenters. The van der Waals surface area contributed by atoms with Gasteiger partial charge in [-0.2, -0.15) is 4.98 Å². The summed E-state index contributed by atoms with van der Waals surface area (Å²) in [6.07, 6.45) is 2.22. The topological polar surface area (TPSA) is 83.9 Å². The minimum absolute atomic E-state index is 0.0865. The first-order valence-electron chi connectivity index (χ1n) is 11.3. The zero-order valence-electron chi connectivity index (χ0n) is 18.8. The van der Waals surface area contributed by atoms with Gasteiger partial charge in [0, 0.05) is 17.7 Å². The van der Waals surface area contributed by atoms with Gasteiger partial charge in [0.15, 0.2) is 0 Å². The minimum atomic E-state index is -0.330. The number of aromatic nitrogens is 4. The van der Waals surface area contributed by atoms with E-state index in [1.807, 2.05) is 60.7 Å². The quantitative estimate of drug-likeness (QED) is 0.303. The number of nitrogens with one attached hydrogen (secondary N) is 1. The summed E-state index contributed by atoms with van der Waals surface area (Å²) in [6.45, 7) is -0.0865. The number of imidazole rings is 1. The zero-order chi connectivity index (χ0) is 24.0. The predicted octanol–water partition coefficient (Wildman–Crippen LogP) is 5.78. The average Bonchev–Trinajstić information content (AvgIpc) is 3.34. The lowest BCUT2D eigenvalue weighted by Gasteiger charge is -2.11. The molecule has 35 heavy (non-hydrogen) atoms. The number of nitrogens with zero attached hydrogens (tertiary/aromatic N) is 3. The Morgan fingerprint density at radius 2 is 1.57 bits per heavy atom. The molecule has 0 aliphatic heterocycles. The summed E-state index contributed by atoms with van der Waals surface area (Å²) in [7, 11) is 0. The molecule has 2 N–H and O–H groups in total. The van der Waals surface area contributed by atoms with E-state index in [0.29, 0.717) is 35.1 Å². The van der Waals surface area contributed by atoms with E-state index in [2.05, 4.69) is 15.0 Å². The highest BCUT2D eigenvalue weighted by Gasteiger charge is 2.22. The maximum absolute atomic E-state index is 13.6. The van der Waals surface area contributed by atoms with Gasteiger partial charge in [-0.25, -0.2) is 14.4 Å². The van der Waals surface area contributed by atoms with Crippen molar-refractivity contribution in [2.24, 2.45) is 0 Å². The van der Waals surface area contributed by atoms with E-state index in [4.69, 9.17) is 9.72 Å². The van der Waals surface area contributed by atoms with Crippen LogP contribution in [0.2, 0.25) is 0 Å². The van der Waals surface area contributed by atoms with Gasteiger partial charge < -0.3 is 14.8 Å². The summed E-state index contributed by atoms with van der Waals surface area (Å²) < 4.78 is 19.4. The third-order valence-electron chi connectivity index (χ3n) is 5.61. The Morgan fingerprint density at radius 1 is 0.857 bits per heavy atom. The van der Waals surface area contributed by atoms with Crippen LogP contribution in [-0.4, -0.2) is 31.6 Å². The fourth-order valence-corrected chi connectivity index (χ4v) is 3.86. The summed E-state index contributed by atoms with van der Waals surface area (Å²) in [5.41, 5.74) is 3.63. The molecule has 0 bridgehead atoms. The molecule has 174 valence electrons. The number of hydrogen-bond acceptors (Lipinski definition) is 5. The van der Waals surface area contributed by atoms with Crippen molar-refractivity contribution in [3.63, 3.8) is 0 Å². The standard InChI is InChI=1S/C28H23FN4O2/c29-22-13-11-20(12-14-22)25-26(24-15-16-30-28(31-24)35-23-9-5-2-6-10-23)33-27(32-25)21(18-34)17-19-7-3-1-4-8-19/h1-16,21,34H,17-18H2,(H,32,33). The number of para-hydroxylation sites is 1. The van der Waals surface area contributed by atoms with E-state index < -0.39 is 0 Å². The first kappa shape index (κ1) is 22.4. The highest BCUT2D eigenvalue weighted by Crippen LogP contribution is 2.33.